The maximum Gasteiger partial charge on any atom is 0.226 e. The monoisotopic (exact) mass is 322 g/mol. The Kier molecular flexibility index (Phi) is 5.29. The Morgan fingerprint density at radius 2 is 1.79 bits per heavy atom. The fraction of sp³-hybridized carbons (Fsp3) is 0.250. The van der Waals surface area contributed by atoms with Crippen LogP contribution in [0.2, 0.25) is 0 Å². The Bertz CT molecular complexity index is 751. The van der Waals surface area contributed by atoms with Gasteiger partial charge in [0.1, 0.15) is 12.0 Å². The van der Waals surface area contributed by atoms with Crippen molar-refractivity contribution in [2.45, 2.75) is 13.0 Å². The highest BCUT2D eigenvalue weighted by Crippen LogP contribution is 2.22. The first-order valence-corrected chi connectivity index (χ1v) is 8.06. The van der Waals surface area contributed by atoms with Crippen LogP contribution in [0.15, 0.2) is 65.3 Å². The van der Waals surface area contributed by atoms with Crippen LogP contribution in [0.25, 0.3) is 11.5 Å². The molecule has 0 radical (unpaired) electrons. The van der Waals surface area contributed by atoms with Crippen LogP contribution >= 0.6 is 0 Å². The predicted molar refractivity (Wildman–Crippen MR) is 95.0 cm³/mol. The zero-order chi connectivity index (χ0) is 16.8. The molecule has 0 fully saturated rings. The van der Waals surface area contributed by atoms with Crippen LogP contribution in [0, 0.1) is 0 Å². The number of hydrogen-bond donors (Lipinski definition) is 0. The molecule has 0 unspecified atom stereocenters. The van der Waals surface area contributed by atoms with E-state index in [-0.39, 0.29) is 0 Å². The lowest BCUT2D eigenvalue weighted by atomic mass is 10.1. The Labute approximate surface area is 142 Å². The Morgan fingerprint density at radius 1 is 1.04 bits per heavy atom. The minimum atomic E-state index is 0.643. The van der Waals surface area contributed by atoms with Crippen LogP contribution in [0.3, 0.4) is 0 Å². The van der Waals surface area contributed by atoms with Crippen LogP contribution in [0.1, 0.15) is 11.3 Å². The summed E-state index contributed by atoms with van der Waals surface area (Å²) in [7, 11) is 3.76. The second-order valence-electron chi connectivity index (χ2n) is 5.85. The molecule has 2 aromatic carbocycles. The number of rotatable bonds is 7. The van der Waals surface area contributed by atoms with Gasteiger partial charge in [0.2, 0.25) is 5.89 Å². The molecule has 0 saturated carbocycles. The summed E-state index contributed by atoms with van der Waals surface area (Å²) in [6, 6.07) is 18.2. The van der Waals surface area contributed by atoms with Gasteiger partial charge in [-0.25, -0.2) is 4.98 Å². The first-order valence-electron chi connectivity index (χ1n) is 8.06. The van der Waals surface area contributed by atoms with Crippen molar-refractivity contribution in [3.8, 4) is 17.2 Å². The summed E-state index contributed by atoms with van der Waals surface area (Å²) in [5.41, 5.74) is 3.24. The molecule has 0 saturated heterocycles. The molecule has 1 heterocycles. The topological polar surface area (TPSA) is 38.5 Å². The molecule has 3 aromatic rings. The van der Waals surface area contributed by atoms with Crippen LogP contribution in [0.5, 0.6) is 5.75 Å². The van der Waals surface area contributed by atoms with Gasteiger partial charge in [-0.05, 0) is 43.3 Å². The zero-order valence-electron chi connectivity index (χ0n) is 14.1. The summed E-state index contributed by atoms with van der Waals surface area (Å²) in [5.74, 6) is 1.47. The standard InChI is InChI=1S/C20H22N2O2/c1-22(13-12-16-6-4-3-5-7-16)14-18-15-24-20(21-18)17-8-10-19(23-2)11-9-17/h3-11,15H,12-14H2,1-2H3. The Morgan fingerprint density at radius 3 is 2.50 bits per heavy atom. The van der Waals surface area contributed by atoms with E-state index in [0.29, 0.717) is 5.89 Å². The predicted octanol–water partition coefficient (Wildman–Crippen LogP) is 4.02. The summed E-state index contributed by atoms with van der Waals surface area (Å²) < 4.78 is 10.8. The van der Waals surface area contributed by atoms with Crippen molar-refractivity contribution in [2.24, 2.45) is 0 Å². The highest BCUT2D eigenvalue weighted by molar-refractivity contribution is 5.54. The molecule has 0 bridgehead atoms. The first-order chi connectivity index (χ1) is 11.7. The Balaban J connectivity index is 1.56. The maximum absolute atomic E-state index is 5.61. The fourth-order valence-electron chi connectivity index (χ4n) is 2.57. The van der Waals surface area contributed by atoms with Gasteiger partial charge in [-0.1, -0.05) is 30.3 Å². The van der Waals surface area contributed by atoms with E-state index in [0.717, 1.165) is 36.5 Å². The third-order valence-electron chi connectivity index (χ3n) is 3.95. The number of benzene rings is 2. The summed E-state index contributed by atoms with van der Waals surface area (Å²) in [6.45, 7) is 1.75. The maximum atomic E-state index is 5.61. The summed E-state index contributed by atoms with van der Waals surface area (Å²) in [4.78, 5) is 6.83. The van der Waals surface area contributed by atoms with Gasteiger partial charge in [0.15, 0.2) is 0 Å². The van der Waals surface area contributed by atoms with E-state index in [1.807, 2.05) is 30.3 Å². The van der Waals surface area contributed by atoms with Gasteiger partial charge in [-0.15, -0.1) is 0 Å². The van der Waals surface area contributed by atoms with E-state index in [2.05, 4.69) is 41.2 Å². The lowest BCUT2D eigenvalue weighted by Gasteiger charge is -2.14. The molecular formula is C20H22N2O2. The largest absolute Gasteiger partial charge is 0.497 e. The normalized spacial score (nSPS) is 11.0. The third kappa shape index (κ3) is 4.24. The molecule has 4 heteroatoms. The number of methoxy groups -OCH3 is 1. The van der Waals surface area contributed by atoms with Crippen LogP contribution in [-0.4, -0.2) is 30.6 Å². The van der Waals surface area contributed by atoms with Crippen molar-refractivity contribution in [2.75, 3.05) is 20.7 Å². The lowest BCUT2D eigenvalue weighted by Crippen LogP contribution is -2.20. The van der Waals surface area contributed by atoms with Gasteiger partial charge >= 0.3 is 0 Å². The summed E-state index contributed by atoms with van der Waals surface area (Å²) in [6.07, 6.45) is 2.76. The minimum Gasteiger partial charge on any atom is -0.497 e. The van der Waals surface area contributed by atoms with Gasteiger partial charge < -0.3 is 14.1 Å². The highest BCUT2D eigenvalue weighted by Gasteiger charge is 2.09. The van der Waals surface area contributed by atoms with Crippen molar-refractivity contribution in [1.29, 1.82) is 0 Å². The van der Waals surface area contributed by atoms with E-state index >= 15 is 0 Å². The molecule has 0 N–H and O–H groups in total. The molecule has 3 rings (SSSR count). The second kappa shape index (κ2) is 7.79. The molecule has 0 atom stereocenters. The van der Waals surface area contributed by atoms with Gasteiger partial charge in [-0.3, -0.25) is 0 Å². The molecule has 0 aliphatic heterocycles. The van der Waals surface area contributed by atoms with Crippen molar-refractivity contribution < 1.29 is 9.15 Å². The average molecular weight is 322 g/mol. The molecule has 0 spiro atoms. The van der Waals surface area contributed by atoms with Crippen molar-refractivity contribution in [3.63, 3.8) is 0 Å². The lowest BCUT2D eigenvalue weighted by molar-refractivity contribution is 0.327. The molecule has 124 valence electrons. The number of nitrogens with zero attached hydrogens (tertiary/aromatic N) is 2. The van der Waals surface area contributed by atoms with Gasteiger partial charge in [-0.2, -0.15) is 0 Å². The van der Waals surface area contributed by atoms with Gasteiger partial charge in [0.25, 0.3) is 0 Å². The second-order valence-corrected chi connectivity index (χ2v) is 5.85. The minimum absolute atomic E-state index is 0.643. The van der Waals surface area contributed by atoms with E-state index in [1.165, 1.54) is 5.56 Å². The summed E-state index contributed by atoms with van der Waals surface area (Å²) in [5, 5.41) is 0. The quantitative estimate of drug-likeness (QED) is 0.658. The van der Waals surface area contributed by atoms with Crippen LogP contribution in [-0.2, 0) is 13.0 Å². The molecule has 0 aliphatic rings. The SMILES string of the molecule is COc1ccc(-c2nc(CN(C)CCc3ccccc3)co2)cc1. The smallest absolute Gasteiger partial charge is 0.226 e. The fourth-order valence-corrected chi connectivity index (χ4v) is 2.57. The number of likely N-dealkylation sites (N-methyl/N-ethyl adjacent to an activating group) is 1. The number of oxazole rings is 1. The zero-order valence-corrected chi connectivity index (χ0v) is 14.1. The molecule has 4 nitrogen and oxygen atoms in total. The van der Waals surface area contributed by atoms with Crippen LogP contribution in [0.4, 0.5) is 0 Å². The molecule has 24 heavy (non-hydrogen) atoms. The number of hydrogen-bond acceptors (Lipinski definition) is 4. The molecule has 0 amide bonds. The van der Waals surface area contributed by atoms with E-state index < -0.39 is 0 Å². The molecule has 0 aliphatic carbocycles. The van der Waals surface area contributed by atoms with Crippen molar-refractivity contribution in [1.82, 2.24) is 9.88 Å². The molecular weight excluding hydrogens is 300 g/mol. The van der Waals surface area contributed by atoms with Crippen molar-refractivity contribution >= 4 is 0 Å². The third-order valence-corrected chi connectivity index (χ3v) is 3.95. The van der Waals surface area contributed by atoms with E-state index in [9.17, 15) is 0 Å². The Hall–Kier alpha value is -2.59. The summed E-state index contributed by atoms with van der Waals surface area (Å²) >= 11 is 0. The highest BCUT2D eigenvalue weighted by atomic mass is 16.5. The van der Waals surface area contributed by atoms with Gasteiger partial charge in [0, 0.05) is 18.7 Å². The van der Waals surface area contributed by atoms with Crippen molar-refractivity contribution in [3.05, 3.63) is 72.1 Å². The van der Waals surface area contributed by atoms with E-state index in [1.54, 1.807) is 13.4 Å². The number of ether oxygens (including phenoxy) is 1. The van der Waals surface area contributed by atoms with Crippen LogP contribution < -0.4 is 4.74 Å². The number of aromatic nitrogens is 1. The molecule has 1 aromatic heterocycles. The van der Waals surface area contributed by atoms with E-state index in [4.69, 9.17) is 9.15 Å². The van der Waals surface area contributed by atoms with Gasteiger partial charge in [0.05, 0.1) is 12.8 Å². The average Bonchev–Trinajstić information content (AvgIpc) is 3.09. The first kappa shape index (κ1) is 16.3.